The Hall–Kier alpha value is -2.30. The first-order valence-corrected chi connectivity index (χ1v) is 8.71. The zero-order valence-electron chi connectivity index (χ0n) is 14.0. The second kappa shape index (κ2) is 4.85. The number of nitrogens with one attached hydrogen (secondary N) is 1. The number of likely N-dealkylation sites (tertiary alicyclic amines) is 1. The fraction of sp³-hybridized carbons (Fsp3) is 0.474. The number of urea groups is 1. The summed E-state index contributed by atoms with van der Waals surface area (Å²) in [5, 5.41) is 3.07. The number of carbonyl (C=O) groups is 1. The lowest BCUT2D eigenvalue weighted by molar-refractivity contribution is 0.190. The Kier molecular flexibility index (Phi) is 2.84. The average molecular weight is 325 g/mol. The number of oxazole rings is 1. The number of nitrogens with zero attached hydrogens (tertiary/aromatic N) is 2. The highest BCUT2D eigenvalue weighted by molar-refractivity contribution is 5.90. The fourth-order valence-electron chi connectivity index (χ4n) is 4.67. The minimum Gasteiger partial charge on any atom is -0.444 e. The first-order chi connectivity index (χ1) is 11.6. The number of aryl methyl sites for hydroxylation is 2. The summed E-state index contributed by atoms with van der Waals surface area (Å²) in [6.45, 7) is 4.85. The third-order valence-electron chi connectivity index (χ3n) is 5.97. The van der Waals surface area contributed by atoms with Crippen molar-refractivity contribution in [2.75, 3.05) is 11.9 Å². The molecule has 2 amide bonds. The highest BCUT2D eigenvalue weighted by atomic mass is 16.3. The maximum Gasteiger partial charge on any atom is 0.322 e. The summed E-state index contributed by atoms with van der Waals surface area (Å²) in [7, 11) is 0. The molecular weight excluding hydrogens is 302 g/mol. The van der Waals surface area contributed by atoms with Gasteiger partial charge in [-0.2, -0.15) is 0 Å². The normalized spacial score (nSPS) is 29.7. The molecule has 2 unspecified atom stereocenters. The summed E-state index contributed by atoms with van der Waals surface area (Å²) in [6.07, 6.45) is 4.18. The van der Waals surface area contributed by atoms with Gasteiger partial charge in [-0.25, -0.2) is 9.78 Å². The molecule has 24 heavy (non-hydrogen) atoms. The van der Waals surface area contributed by atoms with E-state index in [1.54, 1.807) is 6.26 Å². The van der Waals surface area contributed by atoms with Gasteiger partial charge in [-0.05, 0) is 62.1 Å². The number of anilines is 1. The maximum absolute atomic E-state index is 12.7. The number of piperidine rings is 1. The van der Waals surface area contributed by atoms with Crippen LogP contribution in [0.15, 0.2) is 28.9 Å². The summed E-state index contributed by atoms with van der Waals surface area (Å²) in [5.74, 6) is 3.04. The summed E-state index contributed by atoms with van der Waals surface area (Å²) >= 11 is 0. The molecule has 1 saturated heterocycles. The standard InChI is InChI=1S/C19H21N3O2.H2/c1-10-3-4-13(6-14(10)18-20-11(2)9-24-18)21-19(23)22-8-12-5-17(22)16-7-15(12)16;/h3-4,6,9,12,15-17H,5,7-8H2,1-2H3,(H,21,23);1H/t12-,15?,16?,17-;/m1./s1. The zero-order valence-corrected chi connectivity index (χ0v) is 14.0. The van der Waals surface area contributed by atoms with E-state index in [0.717, 1.165) is 46.8 Å². The van der Waals surface area contributed by atoms with Crippen molar-refractivity contribution in [3.63, 3.8) is 0 Å². The van der Waals surface area contributed by atoms with Gasteiger partial charge in [0, 0.05) is 25.3 Å². The van der Waals surface area contributed by atoms with Crippen molar-refractivity contribution in [1.82, 2.24) is 9.88 Å². The smallest absolute Gasteiger partial charge is 0.322 e. The van der Waals surface area contributed by atoms with Gasteiger partial charge in [-0.15, -0.1) is 0 Å². The number of hydrogen-bond donors (Lipinski definition) is 1. The molecule has 2 bridgehead atoms. The van der Waals surface area contributed by atoms with E-state index in [1.165, 1.54) is 12.8 Å². The topological polar surface area (TPSA) is 58.4 Å². The lowest BCUT2D eigenvalue weighted by Gasteiger charge is -2.27. The summed E-state index contributed by atoms with van der Waals surface area (Å²) in [6, 6.07) is 6.40. The minimum atomic E-state index is 0. The number of rotatable bonds is 2. The van der Waals surface area contributed by atoms with Gasteiger partial charge in [0.15, 0.2) is 0 Å². The molecule has 0 radical (unpaired) electrons. The van der Waals surface area contributed by atoms with E-state index in [0.29, 0.717) is 11.9 Å². The van der Waals surface area contributed by atoms with Gasteiger partial charge in [0.1, 0.15) is 6.26 Å². The molecule has 5 rings (SSSR count). The molecule has 4 atom stereocenters. The van der Waals surface area contributed by atoms with Gasteiger partial charge >= 0.3 is 6.03 Å². The molecule has 0 spiro atoms. The van der Waals surface area contributed by atoms with E-state index in [1.807, 2.05) is 36.9 Å². The second-order valence-electron chi connectivity index (χ2n) is 7.53. The van der Waals surface area contributed by atoms with Gasteiger partial charge in [0.2, 0.25) is 5.89 Å². The summed E-state index contributed by atoms with van der Waals surface area (Å²) in [5.41, 5.74) is 3.65. The van der Waals surface area contributed by atoms with Crippen LogP contribution in [-0.4, -0.2) is 28.5 Å². The third-order valence-corrected chi connectivity index (χ3v) is 5.97. The molecule has 1 N–H and O–H groups in total. The van der Waals surface area contributed by atoms with Gasteiger partial charge in [-0.1, -0.05) is 6.07 Å². The lowest BCUT2D eigenvalue weighted by Crippen LogP contribution is -2.41. The number of amides is 2. The molecule has 2 aromatic rings. The van der Waals surface area contributed by atoms with Crippen molar-refractivity contribution < 1.29 is 10.6 Å². The van der Waals surface area contributed by atoms with Crippen molar-refractivity contribution >= 4 is 11.7 Å². The monoisotopic (exact) mass is 325 g/mol. The number of carbonyl (C=O) groups excluding carboxylic acids is 1. The van der Waals surface area contributed by atoms with E-state index < -0.39 is 0 Å². The van der Waals surface area contributed by atoms with Crippen molar-refractivity contribution in [1.29, 1.82) is 0 Å². The average Bonchev–Trinajstić information content (AvgIpc) is 2.92. The first-order valence-electron chi connectivity index (χ1n) is 8.71. The minimum absolute atomic E-state index is 0. The molecule has 2 aliphatic carbocycles. The van der Waals surface area contributed by atoms with Gasteiger partial charge in [0.25, 0.3) is 0 Å². The number of aromatic nitrogens is 1. The van der Waals surface area contributed by atoms with Gasteiger partial charge < -0.3 is 14.6 Å². The molecule has 3 aliphatic rings. The lowest BCUT2D eigenvalue weighted by atomic mass is 10.1. The van der Waals surface area contributed by atoms with E-state index in [-0.39, 0.29) is 7.46 Å². The number of fused-ring (bicyclic) bond motifs is 5. The second-order valence-corrected chi connectivity index (χ2v) is 7.53. The molecule has 3 fully saturated rings. The molecule has 1 aromatic carbocycles. The molecular formula is C19H23N3O2. The Morgan fingerprint density at radius 1 is 1.33 bits per heavy atom. The number of hydrogen-bond acceptors (Lipinski definition) is 3. The Balaban J connectivity index is 0.00000157. The molecule has 5 nitrogen and oxygen atoms in total. The van der Waals surface area contributed by atoms with E-state index in [2.05, 4.69) is 10.3 Å². The largest absolute Gasteiger partial charge is 0.444 e. The quantitative estimate of drug-likeness (QED) is 0.905. The van der Waals surface area contributed by atoms with Crippen LogP contribution in [0.5, 0.6) is 0 Å². The van der Waals surface area contributed by atoms with Crippen molar-refractivity contribution in [3.8, 4) is 11.5 Å². The van der Waals surface area contributed by atoms with Gasteiger partial charge in [0.05, 0.1) is 5.69 Å². The van der Waals surface area contributed by atoms with Crippen LogP contribution in [0, 0.1) is 31.6 Å². The van der Waals surface area contributed by atoms with Gasteiger partial charge in [-0.3, -0.25) is 0 Å². The van der Waals surface area contributed by atoms with Crippen LogP contribution in [0.2, 0.25) is 0 Å². The highest BCUT2D eigenvalue weighted by Crippen LogP contribution is 2.61. The van der Waals surface area contributed by atoms with Crippen LogP contribution in [-0.2, 0) is 0 Å². The molecule has 126 valence electrons. The van der Waals surface area contributed by atoms with Crippen LogP contribution < -0.4 is 5.32 Å². The Morgan fingerprint density at radius 2 is 2.21 bits per heavy atom. The maximum atomic E-state index is 12.7. The molecule has 1 aromatic heterocycles. The SMILES string of the molecule is Cc1coc(-c2cc(NC(=O)N3C[C@H]4C[C@@H]3C3CC34)ccc2C)n1.[HH]. The van der Waals surface area contributed by atoms with E-state index in [4.69, 9.17) is 4.42 Å². The Bertz CT molecular complexity index is 834. The van der Waals surface area contributed by atoms with Crippen LogP contribution >= 0.6 is 0 Å². The first kappa shape index (κ1) is 14.1. The van der Waals surface area contributed by atoms with Crippen molar-refractivity contribution in [2.45, 2.75) is 32.7 Å². The Labute approximate surface area is 142 Å². The van der Waals surface area contributed by atoms with Crippen LogP contribution in [0.4, 0.5) is 10.5 Å². The van der Waals surface area contributed by atoms with Crippen LogP contribution in [0.1, 0.15) is 25.5 Å². The van der Waals surface area contributed by atoms with Crippen molar-refractivity contribution in [3.05, 3.63) is 35.7 Å². The predicted octanol–water partition coefficient (Wildman–Crippen LogP) is 4.08. The molecule has 5 heteroatoms. The van der Waals surface area contributed by atoms with Crippen LogP contribution in [0.25, 0.3) is 11.5 Å². The zero-order chi connectivity index (χ0) is 16.4. The third kappa shape index (κ3) is 2.07. The van der Waals surface area contributed by atoms with E-state index >= 15 is 0 Å². The molecule has 2 heterocycles. The summed E-state index contributed by atoms with van der Waals surface area (Å²) in [4.78, 5) is 19.1. The molecule has 2 saturated carbocycles. The molecule has 1 aliphatic heterocycles. The highest BCUT2D eigenvalue weighted by Gasteiger charge is 2.61. The summed E-state index contributed by atoms with van der Waals surface area (Å²) < 4.78 is 5.52. The van der Waals surface area contributed by atoms with Crippen molar-refractivity contribution in [2.24, 2.45) is 17.8 Å². The predicted molar refractivity (Wildman–Crippen MR) is 92.7 cm³/mol. The van der Waals surface area contributed by atoms with Crippen LogP contribution in [0.3, 0.4) is 0 Å². The number of benzene rings is 1. The Morgan fingerprint density at radius 3 is 2.92 bits per heavy atom. The van der Waals surface area contributed by atoms with E-state index in [9.17, 15) is 4.79 Å². The fourth-order valence-corrected chi connectivity index (χ4v) is 4.67.